The van der Waals surface area contributed by atoms with Gasteiger partial charge in [-0.05, 0) is 57.3 Å². The van der Waals surface area contributed by atoms with Crippen molar-refractivity contribution in [3.05, 3.63) is 0 Å². The second-order valence-corrected chi connectivity index (χ2v) is 7.45. The monoisotopic (exact) mass is 294 g/mol. The van der Waals surface area contributed by atoms with Crippen LogP contribution >= 0.6 is 0 Å². The molecule has 1 heterocycles. The molecule has 0 aromatic carbocycles. The van der Waals surface area contributed by atoms with Gasteiger partial charge in [-0.3, -0.25) is 9.69 Å². The van der Waals surface area contributed by atoms with E-state index in [2.05, 4.69) is 16.7 Å². The normalized spacial score (nSPS) is 32.1. The zero-order valence-corrected chi connectivity index (χ0v) is 13.3. The lowest BCUT2D eigenvalue weighted by Gasteiger charge is -2.38. The van der Waals surface area contributed by atoms with Crippen LogP contribution in [0.5, 0.6) is 0 Å². The first-order chi connectivity index (χ1) is 10.1. The maximum absolute atomic E-state index is 12.8. The second-order valence-electron chi connectivity index (χ2n) is 7.45. The quantitative estimate of drug-likeness (QED) is 0.862. The molecule has 2 aliphatic carbocycles. The minimum Gasteiger partial charge on any atom is -0.393 e. The molecule has 0 atom stereocenters. The predicted molar refractivity (Wildman–Crippen MR) is 83.0 cm³/mol. The molecule has 0 unspecified atom stereocenters. The molecule has 1 aliphatic heterocycles. The Bertz CT molecular complexity index is 354. The molecular weight excluding hydrogens is 264 g/mol. The van der Waals surface area contributed by atoms with Crippen LogP contribution in [0.1, 0.15) is 58.3 Å². The van der Waals surface area contributed by atoms with E-state index in [1.54, 1.807) is 0 Å². The van der Waals surface area contributed by atoms with Crippen molar-refractivity contribution in [1.82, 2.24) is 9.80 Å². The van der Waals surface area contributed by atoms with Crippen LogP contribution in [0.2, 0.25) is 0 Å². The molecule has 1 N–H and O–H groups in total. The molecule has 4 heteroatoms. The molecule has 0 aromatic rings. The molecule has 0 radical (unpaired) electrons. The zero-order valence-electron chi connectivity index (χ0n) is 13.3. The van der Waals surface area contributed by atoms with Crippen LogP contribution in [-0.4, -0.2) is 58.6 Å². The van der Waals surface area contributed by atoms with Crippen LogP contribution in [0.25, 0.3) is 0 Å². The first kappa shape index (κ1) is 15.3. The lowest BCUT2D eigenvalue weighted by molar-refractivity contribution is -0.137. The van der Waals surface area contributed by atoms with Gasteiger partial charge in [0.05, 0.1) is 12.6 Å². The van der Waals surface area contributed by atoms with Crippen molar-refractivity contribution in [3.8, 4) is 0 Å². The molecule has 4 nitrogen and oxygen atoms in total. The Labute approximate surface area is 128 Å². The van der Waals surface area contributed by atoms with Crippen molar-refractivity contribution in [2.45, 2.75) is 76.5 Å². The van der Waals surface area contributed by atoms with E-state index < -0.39 is 0 Å². The van der Waals surface area contributed by atoms with Gasteiger partial charge in [0.15, 0.2) is 0 Å². The number of aliphatic hydroxyl groups is 1. The maximum atomic E-state index is 12.8. The highest BCUT2D eigenvalue weighted by atomic mass is 16.3. The van der Waals surface area contributed by atoms with Crippen LogP contribution in [-0.2, 0) is 4.79 Å². The second kappa shape index (κ2) is 6.66. The number of amides is 1. The van der Waals surface area contributed by atoms with Crippen molar-refractivity contribution in [3.63, 3.8) is 0 Å². The summed E-state index contributed by atoms with van der Waals surface area (Å²) in [5.41, 5.74) is 0. The Morgan fingerprint density at radius 2 is 1.52 bits per heavy atom. The van der Waals surface area contributed by atoms with Gasteiger partial charge in [0.1, 0.15) is 0 Å². The number of rotatable bonds is 4. The van der Waals surface area contributed by atoms with Gasteiger partial charge in [-0.1, -0.05) is 6.92 Å². The fourth-order valence-electron chi connectivity index (χ4n) is 3.93. The molecular formula is C17H30N2O2. The van der Waals surface area contributed by atoms with Crippen molar-refractivity contribution >= 4 is 5.91 Å². The van der Waals surface area contributed by atoms with E-state index in [0.29, 0.717) is 24.5 Å². The lowest BCUT2D eigenvalue weighted by Crippen LogP contribution is -2.49. The van der Waals surface area contributed by atoms with Gasteiger partial charge >= 0.3 is 0 Å². The van der Waals surface area contributed by atoms with Crippen molar-refractivity contribution < 1.29 is 9.90 Å². The number of nitrogens with zero attached hydrogens (tertiary/aromatic N) is 2. The van der Waals surface area contributed by atoms with Gasteiger partial charge in [-0.25, -0.2) is 0 Å². The van der Waals surface area contributed by atoms with Gasteiger partial charge in [-0.2, -0.15) is 0 Å². The van der Waals surface area contributed by atoms with E-state index in [-0.39, 0.29) is 6.10 Å². The van der Waals surface area contributed by atoms with E-state index in [1.807, 2.05) is 0 Å². The van der Waals surface area contributed by atoms with Gasteiger partial charge < -0.3 is 10.0 Å². The third kappa shape index (κ3) is 3.98. The molecule has 0 bridgehead atoms. The standard InChI is InChI=1S/C17H30N2O2/c1-13-2-4-14(5-3-13)19(15-6-7-15)17(21)12-18-10-8-16(20)9-11-18/h13-16,20H,2-12H2,1H3. The summed E-state index contributed by atoms with van der Waals surface area (Å²) in [5.74, 6) is 1.18. The summed E-state index contributed by atoms with van der Waals surface area (Å²) < 4.78 is 0. The largest absolute Gasteiger partial charge is 0.393 e. The third-order valence-electron chi connectivity index (χ3n) is 5.52. The van der Waals surface area contributed by atoms with Crippen LogP contribution < -0.4 is 0 Å². The van der Waals surface area contributed by atoms with Crippen LogP contribution in [0.15, 0.2) is 0 Å². The van der Waals surface area contributed by atoms with Crippen LogP contribution in [0.4, 0.5) is 0 Å². The van der Waals surface area contributed by atoms with E-state index in [1.165, 1.54) is 38.5 Å². The highest BCUT2D eigenvalue weighted by Crippen LogP contribution is 2.35. The molecule has 1 amide bonds. The summed E-state index contributed by atoms with van der Waals surface area (Å²) in [4.78, 5) is 17.3. The van der Waals surface area contributed by atoms with Gasteiger partial charge in [0.25, 0.3) is 0 Å². The minimum absolute atomic E-state index is 0.157. The number of likely N-dealkylation sites (tertiary alicyclic amines) is 1. The van der Waals surface area contributed by atoms with Crippen LogP contribution in [0, 0.1) is 5.92 Å². The third-order valence-corrected chi connectivity index (χ3v) is 5.52. The first-order valence-corrected chi connectivity index (χ1v) is 8.85. The summed E-state index contributed by atoms with van der Waals surface area (Å²) in [6.07, 6.45) is 8.83. The highest BCUT2D eigenvalue weighted by molar-refractivity contribution is 5.79. The summed E-state index contributed by atoms with van der Waals surface area (Å²) in [5, 5.41) is 9.58. The zero-order chi connectivity index (χ0) is 14.8. The Morgan fingerprint density at radius 3 is 2.05 bits per heavy atom. The minimum atomic E-state index is -0.157. The number of hydrogen-bond acceptors (Lipinski definition) is 3. The molecule has 3 aliphatic rings. The van der Waals surface area contributed by atoms with E-state index in [9.17, 15) is 9.90 Å². The molecule has 0 spiro atoms. The Kier molecular flexibility index (Phi) is 4.85. The van der Waals surface area contributed by atoms with E-state index >= 15 is 0 Å². The summed E-state index contributed by atoms with van der Waals surface area (Å²) in [6.45, 7) is 4.63. The van der Waals surface area contributed by atoms with Crippen molar-refractivity contribution in [1.29, 1.82) is 0 Å². The number of carbonyl (C=O) groups excluding carboxylic acids is 1. The smallest absolute Gasteiger partial charge is 0.237 e. The first-order valence-electron chi connectivity index (χ1n) is 8.85. The summed E-state index contributed by atoms with van der Waals surface area (Å²) in [7, 11) is 0. The van der Waals surface area contributed by atoms with Crippen LogP contribution in [0.3, 0.4) is 0 Å². The number of carbonyl (C=O) groups is 1. The number of aliphatic hydroxyl groups excluding tert-OH is 1. The molecule has 0 aromatic heterocycles. The average molecular weight is 294 g/mol. The molecule has 3 fully saturated rings. The maximum Gasteiger partial charge on any atom is 0.237 e. The molecule has 3 rings (SSSR count). The molecule has 2 saturated carbocycles. The Morgan fingerprint density at radius 1 is 1.00 bits per heavy atom. The fourth-order valence-corrected chi connectivity index (χ4v) is 3.93. The van der Waals surface area contributed by atoms with E-state index in [0.717, 1.165) is 31.8 Å². The Balaban J connectivity index is 1.55. The summed E-state index contributed by atoms with van der Waals surface area (Å²) >= 11 is 0. The molecule has 120 valence electrons. The molecule has 21 heavy (non-hydrogen) atoms. The number of piperidine rings is 1. The topological polar surface area (TPSA) is 43.8 Å². The fraction of sp³-hybridized carbons (Fsp3) is 0.941. The van der Waals surface area contributed by atoms with Gasteiger partial charge in [0, 0.05) is 25.2 Å². The SMILES string of the molecule is CC1CCC(N(C(=O)CN2CCC(O)CC2)C2CC2)CC1. The number of hydrogen-bond donors (Lipinski definition) is 1. The van der Waals surface area contributed by atoms with Crippen molar-refractivity contribution in [2.24, 2.45) is 5.92 Å². The predicted octanol–water partition coefficient (Wildman–Crippen LogP) is 2.01. The van der Waals surface area contributed by atoms with Gasteiger partial charge in [-0.15, -0.1) is 0 Å². The van der Waals surface area contributed by atoms with Crippen molar-refractivity contribution in [2.75, 3.05) is 19.6 Å². The van der Waals surface area contributed by atoms with E-state index in [4.69, 9.17) is 0 Å². The lowest BCUT2D eigenvalue weighted by atomic mass is 9.86. The summed E-state index contributed by atoms with van der Waals surface area (Å²) in [6, 6.07) is 1.03. The molecule has 1 saturated heterocycles. The van der Waals surface area contributed by atoms with Gasteiger partial charge in [0.2, 0.25) is 5.91 Å². The highest BCUT2D eigenvalue weighted by Gasteiger charge is 2.38. The Hall–Kier alpha value is -0.610. The average Bonchev–Trinajstić information content (AvgIpc) is 3.29.